The average molecular weight is 193 g/mol. The molecule has 2 atom stereocenters. The first-order valence-electron chi connectivity index (χ1n) is 4.27. The summed E-state index contributed by atoms with van der Waals surface area (Å²) in [7, 11) is 0. The lowest BCUT2D eigenvalue weighted by Crippen LogP contribution is -2.25. The molecule has 0 amide bonds. The van der Waals surface area contributed by atoms with Gasteiger partial charge < -0.3 is 4.74 Å². The van der Waals surface area contributed by atoms with E-state index in [0.717, 1.165) is 12.8 Å². The summed E-state index contributed by atoms with van der Waals surface area (Å²) < 4.78 is 29.7. The van der Waals surface area contributed by atoms with Crippen molar-refractivity contribution in [3.63, 3.8) is 0 Å². The third-order valence-electron chi connectivity index (χ3n) is 1.53. The number of alkyl halides is 2. The molecular weight excluding hydrogens is 178 g/mol. The van der Waals surface area contributed by atoms with E-state index in [1.807, 2.05) is 0 Å². The Bertz CT molecular complexity index is 131. The standard InChI is InChI=1S/C9H15F2O2/c1-2-3-4-5-13-7-9(11)8(10)6-12/h2,8-9H,1,3-7H2. The molecule has 0 aliphatic heterocycles. The lowest BCUT2D eigenvalue weighted by atomic mass is 10.3. The van der Waals surface area contributed by atoms with Crippen molar-refractivity contribution in [1.82, 2.24) is 0 Å². The van der Waals surface area contributed by atoms with Gasteiger partial charge in [0, 0.05) is 6.61 Å². The molecule has 2 nitrogen and oxygen atoms in total. The summed E-state index contributed by atoms with van der Waals surface area (Å²) >= 11 is 0. The Morgan fingerprint density at radius 2 is 2.08 bits per heavy atom. The van der Waals surface area contributed by atoms with Crippen molar-refractivity contribution in [3.8, 4) is 0 Å². The molecule has 0 aromatic rings. The maximum absolute atomic E-state index is 12.6. The smallest absolute Gasteiger partial charge is 0.160 e. The highest BCUT2D eigenvalue weighted by atomic mass is 19.2. The van der Waals surface area contributed by atoms with Gasteiger partial charge in [0.15, 0.2) is 12.3 Å². The van der Waals surface area contributed by atoms with Crippen LogP contribution in [0.5, 0.6) is 0 Å². The minimum absolute atomic E-state index is 0.333. The highest BCUT2D eigenvalue weighted by molar-refractivity contribution is 4.67. The van der Waals surface area contributed by atoms with Crippen LogP contribution < -0.4 is 0 Å². The summed E-state index contributed by atoms with van der Waals surface area (Å²) in [5.41, 5.74) is 0. The maximum Gasteiger partial charge on any atom is 0.160 e. The third-order valence-corrected chi connectivity index (χ3v) is 1.53. The van der Waals surface area contributed by atoms with Crippen molar-refractivity contribution < 1.29 is 18.6 Å². The van der Waals surface area contributed by atoms with Gasteiger partial charge >= 0.3 is 0 Å². The van der Waals surface area contributed by atoms with Crippen LogP contribution in [0.4, 0.5) is 8.78 Å². The molecule has 0 spiro atoms. The predicted octanol–water partition coefficient (Wildman–Crippen LogP) is 2.08. The van der Waals surface area contributed by atoms with E-state index in [-0.39, 0.29) is 6.61 Å². The highest BCUT2D eigenvalue weighted by Crippen LogP contribution is 2.04. The monoisotopic (exact) mass is 193 g/mol. The third kappa shape index (κ3) is 6.66. The van der Waals surface area contributed by atoms with Gasteiger partial charge in [-0.1, -0.05) is 6.08 Å². The Labute approximate surface area is 77.2 Å². The van der Waals surface area contributed by atoms with E-state index in [2.05, 4.69) is 6.58 Å². The molecule has 1 radical (unpaired) electrons. The second kappa shape index (κ2) is 8.13. The molecule has 0 aromatic heterocycles. The minimum Gasteiger partial charge on any atom is -0.378 e. The molecule has 0 rings (SSSR count). The Kier molecular flexibility index (Phi) is 7.83. The molecule has 4 heteroatoms. The fraction of sp³-hybridized carbons (Fsp3) is 0.778. The van der Waals surface area contributed by atoms with E-state index in [4.69, 9.17) is 4.74 Å². The van der Waals surface area contributed by atoms with Gasteiger partial charge in [-0.05, 0) is 12.8 Å². The molecule has 13 heavy (non-hydrogen) atoms. The summed E-state index contributed by atoms with van der Waals surface area (Å²) in [6.45, 7) is 2.50. The number of halogens is 2. The van der Waals surface area contributed by atoms with Crippen LogP contribution in [0.2, 0.25) is 0 Å². The summed E-state index contributed by atoms with van der Waals surface area (Å²) in [6.07, 6.45) is -0.478. The van der Waals surface area contributed by atoms with E-state index in [0.29, 0.717) is 6.61 Å². The van der Waals surface area contributed by atoms with Gasteiger partial charge in [-0.25, -0.2) is 13.9 Å². The van der Waals surface area contributed by atoms with Crippen LogP contribution in [-0.4, -0.2) is 32.2 Å². The molecule has 0 saturated carbocycles. The van der Waals surface area contributed by atoms with Crippen molar-refractivity contribution in [2.45, 2.75) is 25.2 Å². The van der Waals surface area contributed by atoms with Crippen LogP contribution >= 0.6 is 0 Å². The summed E-state index contributed by atoms with van der Waals surface area (Å²) in [5.74, 6) is 0. The van der Waals surface area contributed by atoms with Gasteiger partial charge in [-0.3, -0.25) is 0 Å². The van der Waals surface area contributed by atoms with Gasteiger partial charge in [0.2, 0.25) is 0 Å². The largest absolute Gasteiger partial charge is 0.378 e. The van der Waals surface area contributed by atoms with Crippen LogP contribution in [-0.2, 0) is 9.84 Å². The minimum atomic E-state index is -1.94. The molecule has 0 saturated heterocycles. The molecule has 77 valence electrons. The highest BCUT2D eigenvalue weighted by Gasteiger charge is 2.19. The molecule has 0 heterocycles. The van der Waals surface area contributed by atoms with Crippen molar-refractivity contribution in [2.24, 2.45) is 0 Å². The Morgan fingerprint density at radius 1 is 1.38 bits per heavy atom. The van der Waals surface area contributed by atoms with E-state index in [1.165, 1.54) is 0 Å². The number of ether oxygens (including phenoxy) is 1. The first-order valence-corrected chi connectivity index (χ1v) is 4.27. The van der Waals surface area contributed by atoms with E-state index >= 15 is 0 Å². The second-order valence-electron chi connectivity index (χ2n) is 2.70. The van der Waals surface area contributed by atoms with Crippen molar-refractivity contribution in [2.75, 3.05) is 19.8 Å². The van der Waals surface area contributed by atoms with Crippen molar-refractivity contribution in [1.29, 1.82) is 0 Å². The molecular formula is C9H15F2O2. The van der Waals surface area contributed by atoms with E-state index < -0.39 is 19.0 Å². The van der Waals surface area contributed by atoms with Crippen molar-refractivity contribution >= 4 is 0 Å². The molecule has 0 aliphatic rings. The van der Waals surface area contributed by atoms with Gasteiger partial charge in [-0.2, -0.15) is 0 Å². The molecule has 0 aliphatic carbocycles. The number of unbranched alkanes of at least 4 members (excludes halogenated alkanes) is 1. The summed E-state index contributed by atoms with van der Waals surface area (Å²) in [5, 5.41) is 9.92. The van der Waals surface area contributed by atoms with Crippen LogP contribution in [0.1, 0.15) is 12.8 Å². The first-order chi connectivity index (χ1) is 6.22. The topological polar surface area (TPSA) is 29.1 Å². The molecule has 2 unspecified atom stereocenters. The number of allylic oxidation sites excluding steroid dienone is 1. The number of rotatable bonds is 8. The number of hydrogen-bond acceptors (Lipinski definition) is 1. The van der Waals surface area contributed by atoms with Crippen LogP contribution in [0.15, 0.2) is 12.7 Å². The van der Waals surface area contributed by atoms with Gasteiger partial charge in [-0.15, -0.1) is 6.58 Å². The predicted molar refractivity (Wildman–Crippen MR) is 45.6 cm³/mol. The van der Waals surface area contributed by atoms with Crippen molar-refractivity contribution in [3.05, 3.63) is 12.7 Å². The SMILES string of the molecule is C=CCCCOCC(F)C(F)C[O]. The van der Waals surface area contributed by atoms with Crippen LogP contribution in [0.3, 0.4) is 0 Å². The molecule has 0 N–H and O–H groups in total. The maximum atomic E-state index is 12.6. The van der Waals surface area contributed by atoms with Gasteiger partial charge in [0.25, 0.3) is 0 Å². The first kappa shape index (κ1) is 12.5. The zero-order valence-corrected chi connectivity index (χ0v) is 7.55. The molecule has 0 bridgehead atoms. The lowest BCUT2D eigenvalue weighted by molar-refractivity contribution is 0.00675. The Hall–Kier alpha value is -0.480. The van der Waals surface area contributed by atoms with Crippen LogP contribution in [0, 0.1) is 0 Å². The van der Waals surface area contributed by atoms with E-state index in [1.54, 1.807) is 6.08 Å². The zero-order chi connectivity index (χ0) is 10.1. The fourth-order valence-corrected chi connectivity index (χ4v) is 0.734. The summed E-state index contributed by atoms with van der Waals surface area (Å²) in [6, 6.07) is 0. The normalized spacial score (nSPS) is 15.3. The number of hydrogen-bond donors (Lipinski definition) is 0. The van der Waals surface area contributed by atoms with Gasteiger partial charge in [0.1, 0.15) is 6.61 Å². The van der Waals surface area contributed by atoms with Gasteiger partial charge in [0.05, 0.1) is 6.61 Å². The quantitative estimate of drug-likeness (QED) is 0.428. The molecule has 0 aromatic carbocycles. The fourth-order valence-electron chi connectivity index (χ4n) is 0.734. The average Bonchev–Trinajstić information content (AvgIpc) is 2.16. The van der Waals surface area contributed by atoms with Crippen LogP contribution in [0.25, 0.3) is 0 Å². The molecule has 0 fully saturated rings. The zero-order valence-electron chi connectivity index (χ0n) is 7.55. The lowest BCUT2D eigenvalue weighted by Gasteiger charge is -2.10. The van der Waals surface area contributed by atoms with E-state index in [9.17, 15) is 13.9 Å². The Balaban J connectivity index is 3.26. The second-order valence-corrected chi connectivity index (χ2v) is 2.70. The Morgan fingerprint density at radius 3 is 2.62 bits per heavy atom. The summed E-state index contributed by atoms with van der Waals surface area (Å²) in [4.78, 5) is 0.